The summed E-state index contributed by atoms with van der Waals surface area (Å²) < 4.78 is 30.2. The Morgan fingerprint density at radius 1 is 1.05 bits per heavy atom. The van der Waals surface area contributed by atoms with Gasteiger partial charge in [-0.2, -0.15) is 4.31 Å². The number of piperidine rings is 1. The van der Waals surface area contributed by atoms with Gasteiger partial charge in [0.05, 0.1) is 11.7 Å². The fraction of sp³-hybridized carbons (Fsp3) is 0.500. The van der Waals surface area contributed by atoms with Crippen LogP contribution in [0.5, 0.6) is 0 Å². The fourth-order valence-electron chi connectivity index (χ4n) is 5.57. The molecule has 4 heterocycles. The lowest BCUT2D eigenvalue weighted by Crippen LogP contribution is -2.50. The first-order chi connectivity index (χ1) is 17.6. The molecule has 2 aliphatic heterocycles. The van der Waals surface area contributed by atoms with Crippen LogP contribution in [-0.2, 0) is 21.4 Å². The van der Waals surface area contributed by atoms with E-state index in [9.17, 15) is 18.0 Å². The summed E-state index contributed by atoms with van der Waals surface area (Å²) in [5, 5.41) is 0.0950. The van der Waals surface area contributed by atoms with Gasteiger partial charge in [-0.15, -0.1) is 11.3 Å². The zero-order valence-electron chi connectivity index (χ0n) is 21.5. The van der Waals surface area contributed by atoms with Crippen LogP contribution in [-0.4, -0.2) is 72.3 Å². The van der Waals surface area contributed by atoms with Gasteiger partial charge in [0, 0.05) is 49.8 Å². The molecule has 3 aromatic rings. The Bertz CT molecular complexity index is 1450. The zero-order chi connectivity index (χ0) is 26.3. The van der Waals surface area contributed by atoms with E-state index in [-0.39, 0.29) is 34.6 Å². The molecule has 2 saturated heterocycles. The first kappa shape index (κ1) is 25.9. The number of amides is 1. The molecular weight excluding hydrogens is 510 g/mol. The minimum atomic E-state index is -3.87. The standard InChI is InChI=1S/C26H33N5O4S2/c1-18-13-19(2)15-31(14-18)37(34,35)24-20(3)36-25-23(24)26(33)30(17-27-25)16-22(32)29-11-9-28(10-12-29)21-7-5-4-6-8-21/h4-8,17-19H,9-16H2,1-3H3. The van der Waals surface area contributed by atoms with E-state index in [1.807, 2.05) is 18.2 Å². The van der Waals surface area contributed by atoms with E-state index in [4.69, 9.17) is 0 Å². The number of rotatable bonds is 5. The number of nitrogens with zero attached hydrogens (tertiary/aromatic N) is 5. The van der Waals surface area contributed by atoms with E-state index in [0.717, 1.165) is 12.1 Å². The van der Waals surface area contributed by atoms with Crippen LogP contribution >= 0.6 is 11.3 Å². The summed E-state index contributed by atoms with van der Waals surface area (Å²) in [4.78, 5) is 36.0. The Hall–Kier alpha value is -2.76. The molecule has 0 aliphatic carbocycles. The highest BCUT2D eigenvalue weighted by Gasteiger charge is 2.36. The number of hydrogen-bond acceptors (Lipinski definition) is 7. The van der Waals surface area contributed by atoms with Crippen molar-refractivity contribution in [3.8, 4) is 0 Å². The number of thiophene rings is 1. The number of carbonyl (C=O) groups is 1. The van der Waals surface area contributed by atoms with Gasteiger partial charge in [-0.3, -0.25) is 14.2 Å². The van der Waals surface area contributed by atoms with Crippen molar-refractivity contribution in [3.05, 3.63) is 51.9 Å². The highest BCUT2D eigenvalue weighted by atomic mass is 32.2. The number of piperazine rings is 1. The van der Waals surface area contributed by atoms with E-state index in [1.54, 1.807) is 11.8 Å². The second-order valence-corrected chi connectivity index (χ2v) is 13.4. The molecular formula is C26H33N5O4S2. The van der Waals surface area contributed by atoms with Crippen molar-refractivity contribution in [3.63, 3.8) is 0 Å². The number of benzene rings is 1. The van der Waals surface area contributed by atoms with Crippen molar-refractivity contribution in [1.29, 1.82) is 0 Å². The molecule has 0 spiro atoms. The highest BCUT2D eigenvalue weighted by molar-refractivity contribution is 7.89. The molecule has 1 amide bonds. The maximum absolute atomic E-state index is 13.7. The van der Waals surface area contributed by atoms with Gasteiger partial charge in [-0.25, -0.2) is 13.4 Å². The monoisotopic (exact) mass is 543 g/mol. The first-order valence-corrected chi connectivity index (χ1v) is 15.0. The summed E-state index contributed by atoms with van der Waals surface area (Å²) in [5.74, 6) is 0.322. The highest BCUT2D eigenvalue weighted by Crippen LogP contribution is 2.35. The van der Waals surface area contributed by atoms with Gasteiger partial charge in [0.15, 0.2) is 0 Å². The van der Waals surface area contributed by atoms with Gasteiger partial charge < -0.3 is 9.80 Å². The van der Waals surface area contributed by atoms with E-state index >= 15 is 0 Å². The Morgan fingerprint density at radius 2 is 1.70 bits per heavy atom. The molecule has 2 aromatic heterocycles. The van der Waals surface area contributed by atoms with Crippen molar-refractivity contribution in [2.24, 2.45) is 11.8 Å². The average Bonchev–Trinajstić information content (AvgIpc) is 3.23. The predicted molar refractivity (Wildman–Crippen MR) is 146 cm³/mol. The number of fused-ring (bicyclic) bond motifs is 1. The van der Waals surface area contributed by atoms with Gasteiger partial charge in [0.2, 0.25) is 15.9 Å². The van der Waals surface area contributed by atoms with Crippen molar-refractivity contribution in [1.82, 2.24) is 18.8 Å². The number of hydrogen-bond donors (Lipinski definition) is 0. The molecule has 0 bridgehead atoms. The van der Waals surface area contributed by atoms with Crippen LogP contribution < -0.4 is 10.5 Å². The van der Waals surface area contributed by atoms with Crippen molar-refractivity contribution in [2.75, 3.05) is 44.2 Å². The molecule has 0 N–H and O–H groups in total. The lowest BCUT2D eigenvalue weighted by atomic mass is 9.94. The molecule has 9 nitrogen and oxygen atoms in total. The quantitative estimate of drug-likeness (QED) is 0.491. The van der Waals surface area contributed by atoms with E-state index in [0.29, 0.717) is 49.0 Å². The predicted octanol–water partition coefficient (Wildman–Crippen LogP) is 2.78. The summed E-state index contributed by atoms with van der Waals surface area (Å²) >= 11 is 1.21. The third kappa shape index (κ3) is 5.04. The Morgan fingerprint density at radius 3 is 2.35 bits per heavy atom. The molecule has 2 atom stereocenters. The summed E-state index contributed by atoms with van der Waals surface area (Å²) in [7, 11) is -3.87. The van der Waals surface area contributed by atoms with Crippen molar-refractivity contribution < 1.29 is 13.2 Å². The van der Waals surface area contributed by atoms with Crippen LogP contribution in [0.4, 0.5) is 5.69 Å². The molecule has 0 radical (unpaired) electrons. The van der Waals surface area contributed by atoms with Gasteiger partial charge in [-0.05, 0) is 37.3 Å². The zero-order valence-corrected chi connectivity index (χ0v) is 23.1. The molecule has 37 heavy (non-hydrogen) atoms. The summed E-state index contributed by atoms with van der Waals surface area (Å²) in [6, 6.07) is 10.1. The molecule has 2 unspecified atom stereocenters. The minimum Gasteiger partial charge on any atom is -0.368 e. The Balaban J connectivity index is 1.38. The lowest BCUT2D eigenvalue weighted by Gasteiger charge is -2.36. The molecule has 2 aliphatic rings. The smallest absolute Gasteiger partial charge is 0.263 e. The Labute approximate surface area is 221 Å². The number of anilines is 1. The third-order valence-corrected chi connectivity index (χ3v) is 10.4. The van der Waals surface area contributed by atoms with E-state index in [1.165, 1.54) is 26.5 Å². The molecule has 2 fully saturated rings. The van der Waals surface area contributed by atoms with Crippen LogP contribution in [0.3, 0.4) is 0 Å². The number of carbonyl (C=O) groups excluding carboxylic acids is 1. The minimum absolute atomic E-state index is 0.0459. The molecule has 198 valence electrons. The molecule has 1 aromatic carbocycles. The number of para-hydroxylation sites is 1. The number of aromatic nitrogens is 2. The third-order valence-electron chi connectivity index (χ3n) is 7.29. The van der Waals surface area contributed by atoms with Crippen LogP contribution in [0.15, 0.2) is 46.3 Å². The van der Waals surface area contributed by atoms with Crippen LogP contribution in [0, 0.1) is 18.8 Å². The van der Waals surface area contributed by atoms with Crippen LogP contribution in [0.1, 0.15) is 25.1 Å². The first-order valence-electron chi connectivity index (χ1n) is 12.7. The maximum Gasteiger partial charge on any atom is 0.263 e. The maximum atomic E-state index is 13.7. The van der Waals surface area contributed by atoms with Crippen molar-refractivity contribution in [2.45, 2.75) is 38.6 Å². The SMILES string of the molecule is Cc1sc2ncn(CC(=O)N3CCN(c4ccccc4)CC3)c(=O)c2c1S(=O)(=O)N1CC(C)CC(C)C1. The summed E-state index contributed by atoms with van der Waals surface area (Å²) in [6.07, 6.45) is 2.34. The number of sulfonamides is 1. The van der Waals surface area contributed by atoms with Crippen LogP contribution in [0.25, 0.3) is 10.2 Å². The van der Waals surface area contributed by atoms with Gasteiger partial charge in [-0.1, -0.05) is 32.0 Å². The topological polar surface area (TPSA) is 95.8 Å². The second kappa shape index (κ2) is 10.2. The van der Waals surface area contributed by atoms with Gasteiger partial charge >= 0.3 is 0 Å². The summed E-state index contributed by atoms with van der Waals surface area (Å²) in [6.45, 7) is 9.06. The van der Waals surface area contributed by atoms with Crippen LogP contribution in [0.2, 0.25) is 0 Å². The second-order valence-electron chi connectivity index (χ2n) is 10.3. The lowest BCUT2D eigenvalue weighted by molar-refractivity contribution is -0.132. The normalized spacial score (nSPS) is 21.5. The van der Waals surface area contributed by atoms with Gasteiger partial charge in [0.1, 0.15) is 16.3 Å². The number of aryl methyl sites for hydroxylation is 1. The fourth-order valence-corrected chi connectivity index (χ4v) is 8.91. The summed E-state index contributed by atoms with van der Waals surface area (Å²) in [5.41, 5.74) is 0.641. The molecule has 5 rings (SSSR count). The largest absolute Gasteiger partial charge is 0.368 e. The average molecular weight is 544 g/mol. The van der Waals surface area contributed by atoms with Crippen molar-refractivity contribution >= 4 is 43.2 Å². The van der Waals surface area contributed by atoms with E-state index < -0.39 is 15.6 Å². The van der Waals surface area contributed by atoms with E-state index in [2.05, 4.69) is 35.9 Å². The molecule has 0 saturated carbocycles. The Kier molecular flexibility index (Phi) is 7.12. The van der Waals surface area contributed by atoms with Gasteiger partial charge in [0.25, 0.3) is 5.56 Å². The molecule has 11 heteroatoms.